The molecule has 2 nitrogen and oxygen atoms in total. The lowest BCUT2D eigenvalue weighted by Crippen LogP contribution is -2.01. The number of ether oxygens (including phenoxy) is 1. The van der Waals surface area contributed by atoms with E-state index in [1.807, 2.05) is 36.5 Å². The first-order valence-corrected chi connectivity index (χ1v) is 5.91. The Labute approximate surface area is 103 Å². The van der Waals surface area contributed by atoms with Crippen LogP contribution in [0.4, 0.5) is 0 Å². The van der Waals surface area contributed by atoms with Crippen LogP contribution in [-0.4, -0.2) is 11.6 Å². The lowest BCUT2D eigenvalue weighted by atomic mass is 10.2. The van der Waals surface area contributed by atoms with Crippen molar-refractivity contribution < 1.29 is 4.74 Å². The van der Waals surface area contributed by atoms with Crippen LogP contribution in [-0.2, 0) is 6.42 Å². The third-order valence-electron chi connectivity index (χ3n) is 2.18. The Kier molecular flexibility index (Phi) is 3.94. The third kappa shape index (κ3) is 3.35. The van der Waals surface area contributed by atoms with Crippen molar-refractivity contribution in [1.29, 1.82) is 0 Å². The van der Waals surface area contributed by atoms with Crippen LogP contribution in [0.15, 0.2) is 53.3 Å². The molecule has 0 aliphatic heterocycles. The summed E-state index contributed by atoms with van der Waals surface area (Å²) in [5.74, 6) is 0.887. The fourth-order valence-electron chi connectivity index (χ4n) is 1.39. The number of pyridine rings is 1. The Balaban J connectivity index is 1.85. The van der Waals surface area contributed by atoms with Crippen molar-refractivity contribution >= 4 is 15.9 Å². The molecule has 0 unspecified atom stereocenters. The summed E-state index contributed by atoms with van der Waals surface area (Å²) in [6.45, 7) is 0.669. The predicted molar refractivity (Wildman–Crippen MR) is 67.6 cm³/mol. The molecule has 1 aromatic heterocycles. The molecule has 1 aromatic carbocycles. The maximum absolute atomic E-state index is 5.63. The topological polar surface area (TPSA) is 22.1 Å². The fraction of sp³-hybridized carbons (Fsp3) is 0.154. The smallest absolute Gasteiger partial charge is 0.120 e. The van der Waals surface area contributed by atoms with Gasteiger partial charge in [-0.3, -0.25) is 4.98 Å². The zero-order valence-corrected chi connectivity index (χ0v) is 10.4. The second-order valence-corrected chi connectivity index (χ2v) is 4.33. The predicted octanol–water partition coefficient (Wildman–Crippen LogP) is 3.47. The molecule has 0 radical (unpaired) electrons. The van der Waals surface area contributed by atoms with E-state index in [4.69, 9.17) is 4.74 Å². The summed E-state index contributed by atoms with van der Waals surface area (Å²) in [5.41, 5.74) is 1.19. The zero-order valence-electron chi connectivity index (χ0n) is 8.77. The van der Waals surface area contributed by atoms with Crippen molar-refractivity contribution in [3.63, 3.8) is 0 Å². The van der Waals surface area contributed by atoms with Gasteiger partial charge in [0.1, 0.15) is 5.75 Å². The lowest BCUT2D eigenvalue weighted by Gasteiger charge is -2.06. The molecule has 3 heteroatoms. The first-order chi connectivity index (χ1) is 7.84. The molecule has 0 saturated carbocycles. The summed E-state index contributed by atoms with van der Waals surface area (Å²) in [6, 6.07) is 11.8. The van der Waals surface area contributed by atoms with Crippen LogP contribution in [0, 0.1) is 0 Å². The van der Waals surface area contributed by atoms with Crippen molar-refractivity contribution in [3.05, 3.63) is 58.8 Å². The van der Waals surface area contributed by atoms with Crippen molar-refractivity contribution in [2.45, 2.75) is 6.42 Å². The van der Waals surface area contributed by atoms with Gasteiger partial charge in [0.2, 0.25) is 0 Å². The summed E-state index contributed by atoms with van der Waals surface area (Å²) in [6.07, 6.45) is 4.52. The van der Waals surface area contributed by atoms with Gasteiger partial charge in [0, 0.05) is 23.3 Å². The molecule has 2 aromatic rings. The van der Waals surface area contributed by atoms with E-state index < -0.39 is 0 Å². The maximum atomic E-state index is 5.63. The van der Waals surface area contributed by atoms with Gasteiger partial charge in [-0.05, 0) is 29.8 Å². The Morgan fingerprint density at radius 3 is 2.88 bits per heavy atom. The van der Waals surface area contributed by atoms with Crippen molar-refractivity contribution in [1.82, 2.24) is 4.98 Å². The number of nitrogens with zero attached hydrogens (tertiary/aromatic N) is 1. The lowest BCUT2D eigenvalue weighted by molar-refractivity contribution is 0.321. The van der Waals surface area contributed by atoms with Gasteiger partial charge in [0.15, 0.2) is 0 Å². The first-order valence-electron chi connectivity index (χ1n) is 5.12. The minimum atomic E-state index is 0.669. The molecule has 0 fully saturated rings. The van der Waals surface area contributed by atoms with E-state index in [0.29, 0.717) is 6.61 Å². The molecular weight excluding hydrogens is 266 g/mol. The van der Waals surface area contributed by atoms with E-state index in [1.54, 1.807) is 6.20 Å². The van der Waals surface area contributed by atoms with Crippen LogP contribution in [0.2, 0.25) is 0 Å². The number of rotatable bonds is 4. The second kappa shape index (κ2) is 5.66. The highest BCUT2D eigenvalue weighted by Gasteiger charge is 1.96. The van der Waals surface area contributed by atoms with E-state index >= 15 is 0 Å². The maximum Gasteiger partial charge on any atom is 0.120 e. The Hall–Kier alpha value is -1.35. The average Bonchev–Trinajstić information content (AvgIpc) is 2.30. The van der Waals surface area contributed by atoms with Gasteiger partial charge in [-0.2, -0.15) is 0 Å². The highest BCUT2D eigenvalue weighted by molar-refractivity contribution is 9.10. The first kappa shape index (κ1) is 11.1. The third-order valence-corrected chi connectivity index (χ3v) is 2.67. The van der Waals surface area contributed by atoms with E-state index in [1.165, 1.54) is 5.56 Å². The number of halogens is 1. The summed E-state index contributed by atoms with van der Waals surface area (Å²) >= 11 is 3.41. The van der Waals surface area contributed by atoms with E-state index in [9.17, 15) is 0 Å². The Morgan fingerprint density at radius 2 is 2.12 bits per heavy atom. The summed E-state index contributed by atoms with van der Waals surface area (Å²) in [7, 11) is 0. The van der Waals surface area contributed by atoms with Gasteiger partial charge in [0.25, 0.3) is 0 Å². The van der Waals surface area contributed by atoms with Crippen LogP contribution < -0.4 is 4.74 Å². The van der Waals surface area contributed by atoms with Crippen molar-refractivity contribution in [2.24, 2.45) is 0 Å². The van der Waals surface area contributed by atoms with E-state index in [2.05, 4.69) is 27.0 Å². The Morgan fingerprint density at radius 1 is 1.19 bits per heavy atom. The highest BCUT2D eigenvalue weighted by Crippen LogP contribution is 2.17. The van der Waals surface area contributed by atoms with Crippen LogP contribution >= 0.6 is 15.9 Å². The molecule has 1 heterocycles. The van der Waals surface area contributed by atoms with E-state index in [-0.39, 0.29) is 0 Å². The van der Waals surface area contributed by atoms with Gasteiger partial charge >= 0.3 is 0 Å². The molecule has 2 rings (SSSR count). The van der Waals surface area contributed by atoms with Gasteiger partial charge in [-0.25, -0.2) is 0 Å². The molecule has 16 heavy (non-hydrogen) atoms. The fourth-order valence-corrected chi connectivity index (χ4v) is 1.77. The molecule has 0 N–H and O–H groups in total. The highest BCUT2D eigenvalue weighted by atomic mass is 79.9. The van der Waals surface area contributed by atoms with Crippen molar-refractivity contribution in [2.75, 3.05) is 6.61 Å². The van der Waals surface area contributed by atoms with Crippen LogP contribution in [0.3, 0.4) is 0 Å². The molecular formula is C13H12BrNO. The van der Waals surface area contributed by atoms with Crippen LogP contribution in [0.1, 0.15) is 5.56 Å². The van der Waals surface area contributed by atoms with Gasteiger partial charge in [-0.15, -0.1) is 0 Å². The van der Waals surface area contributed by atoms with Gasteiger partial charge in [0.05, 0.1) is 6.61 Å². The van der Waals surface area contributed by atoms with Gasteiger partial charge < -0.3 is 4.74 Å². The molecule has 0 saturated heterocycles. The standard InChI is InChI=1S/C13H12BrNO/c14-12-4-1-5-13(9-12)16-8-6-11-3-2-7-15-10-11/h1-5,7,9-10H,6,8H2. The molecule has 82 valence electrons. The molecule has 0 aliphatic carbocycles. The molecule has 0 atom stereocenters. The normalized spacial score (nSPS) is 10.1. The molecule has 0 spiro atoms. The number of hydrogen-bond acceptors (Lipinski definition) is 2. The van der Waals surface area contributed by atoms with Crippen LogP contribution in [0.25, 0.3) is 0 Å². The zero-order chi connectivity index (χ0) is 11.2. The average molecular weight is 278 g/mol. The number of benzene rings is 1. The summed E-state index contributed by atoms with van der Waals surface area (Å²) in [5, 5.41) is 0. The molecule has 0 aliphatic rings. The second-order valence-electron chi connectivity index (χ2n) is 3.42. The summed E-state index contributed by atoms with van der Waals surface area (Å²) < 4.78 is 6.67. The largest absolute Gasteiger partial charge is 0.493 e. The minimum absolute atomic E-state index is 0.669. The summed E-state index contributed by atoms with van der Waals surface area (Å²) in [4.78, 5) is 4.06. The molecule has 0 bridgehead atoms. The van der Waals surface area contributed by atoms with Crippen LogP contribution in [0.5, 0.6) is 5.75 Å². The van der Waals surface area contributed by atoms with E-state index in [0.717, 1.165) is 16.6 Å². The molecule has 0 amide bonds. The number of hydrogen-bond donors (Lipinski definition) is 0. The SMILES string of the molecule is Brc1cccc(OCCc2cccnc2)c1. The number of aromatic nitrogens is 1. The van der Waals surface area contributed by atoms with Crippen molar-refractivity contribution in [3.8, 4) is 5.75 Å². The Bertz CT molecular complexity index is 445. The van der Waals surface area contributed by atoms with Gasteiger partial charge in [-0.1, -0.05) is 28.1 Å². The minimum Gasteiger partial charge on any atom is -0.493 e. The monoisotopic (exact) mass is 277 g/mol. The quantitative estimate of drug-likeness (QED) is 0.854.